The number of para-hydroxylation sites is 2. The highest BCUT2D eigenvalue weighted by atomic mass is 16.5. The molecule has 6 nitrogen and oxygen atoms in total. The van der Waals surface area contributed by atoms with Crippen LogP contribution in [0.1, 0.15) is 13.3 Å². The number of carbonyl (C=O) groups excluding carboxylic acids is 2. The Balaban J connectivity index is 1.52. The van der Waals surface area contributed by atoms with E-state index in [0.29, 0.717) is 13.0 Å². The Kier molecular flexibility index (Phi) is 7.78. The van der Waals surface area contributed by atoms with Gasteiger partial charge in [0.25, 0.3) is 0 Å². The molecule has 0 bridgehead atoms. The van der Waals surface area contributed by atoms with Crippen molar-refractivity contribution in [2.45, 2.75) is 13.3 Å². The number of rotatable bonds is 8. The van der Waals surface area contributed by atoms with Gasteiger partial charge in [-0.3, -0.25) is 19.4 Å². The van der Waals surface area contributed by atoms with Crippen LogP contribution in [-0.2, 0) is 14.3 Å². The largest absolute Gasteiger partial charge is 0.465 e. The minimum Gasteiger partial charge on any atom is -0.465 e. The number of esters is 1. The van der Waals surface area contributed by atoms with Crippen molar-refractivity contribution in [1.82, 2.24) is 9.80 Å². The molecule has 0 N–H and O–H groups in total. The average Bonchev–Trinajstić information content (AvgIpc) is 2.75. The number of nitrogens with zero attached hydrogens (tertiary/aromatic N) is 3. The summed E-state index contributed by atoms with van der Waals surface area (Å²) in [6.45, 7) is 7.08. The number of ether oxygens (including phenoxy) is 1. The van der Waals surface area contributed by atoms with Gasteiger partial charge >= 0.3 is 5.97 Å². The highest BCUT2D eigenvalue weighted by molar-refractivity contribution is 6.00. The molecule has 1 fully saturated rings. The molecule has 0 radical (unpaired) electrons. The Morgan fingerprint density at radius 1 is 0.828 bits per heavy atom. The Hall–Kier alpha value is -2.70. The normalized spacial score (nSPS) is 15.1. The van der Waals surface area contributed by atoms with E-state index in [-0.39, 0.29) is 11.9 Å². The molecule has 1 aliphatic rings. The minimum absolute atomic E-state index is 0.0969. The second-order valence-electron chi connectivity index (χ2n) is 7.17. The number of anilines is 2. The molecule has 3 rings (SSSR count). The summed E-state index contributed by atoms with van der Waals surface area (Å²) < 4.78 is 5.02. The molecule has 0 unspecified atom stereocenters. The maximum atomic E-state index is 13.1. The molecule has 0 aromatic heterocycles. The van der Waals surface area contributed by atoms with Gasteiger partial charge in [0.2, 0.25) is 5.91 Å². The van der Waals surface area contributed by atoms with Gasteiger partial charge in [-0.25, -0.2) is 0 Å². The second kappa shape index (κ2) is 10.7. The van der Waals surface area contributed by atoms with Crippen LogP contribution >= 0.6 is 0 Å². The Morgan fingerprint density at radius 3 is 1.79 bits per heavy atom. The summed E-state index contributed by atoms with van der Waals surface area (Å²) >= 11 is 0. The first-order valence-electron chi connectivity index (χ1n) is 10.1. The zero-order chi connectivity index (χ0) is 20.5. The quantitative estimate of drug-likeness (QED) is 0.644. The van der Waals surface area contributed by atoms with Crippen molar-refractivity contribution in [2.75, 3.05) is 50.8 Å². The van der Waals surface area contributed by atoms with Crippen molar-refractivity contribution in [3.8, 4) is 0 Å². The maximum Gasteiger partial charge on any atom is 0.302 e. The lowest BCUT2D eigenvalue weighted by Gasteiger charge is -2.34. The second-order valence-corrected chi connectivity index (χ2v) is 7.17. The molecule has 1 saturated heterocycles. The van der Waals surface area contributed by atoms with Crippen molar-refractivity contribution >= 4 is 23.3 Å². The third kappa shape index (κ3) is 6.41. The fraction of sp³-hybridized carbons (Fsp3) is 0.391. The lowest BCUT2D eigenvalue weighted by Crippen LogP contribution is -2.48. The molecule has 29 heavy (non-hydrogen) atoms. The lowest BCUT2D eigenvalue weighted by molar-refractivity contribution is -0.141. The highest BCUT2D eigenvalue weighted by Gasteiger charge is 2.21. The summed E-state index contributed by atoms with van der Waals surface area (Å²) in [5.41, 5.74) is 1.78. The molecular formula is C23H29N3O3. The van der Waals surface area contributed by atoms with Gasteiger partial charge in [0.15, 0.2) is 0 Å². The molecule has 1 heterocycles. The summed E-state index contributed by atoms with van der Waals surface area (Å²) in [6.07, 6.45) is 0.469. The smallest absolute Gasteiger partial charge is 0.302 e. The van der Waals surface area contributed by atoms with Crippen molar-refractivity contribution in [2.24, 2.45) is 0 Å². The van der Waals surface area contributed by atoms with E-state index >= 15 is 0 Å². The number of piperazine rings is 1. The first-order valence-corrected chi connectivity index (χ1v) is 10.1. The summed E-state index contributed by atoms with van der Waals surface area (Å²) in [5.74, 6) is -0.136. The van der Waals surface area contributed by atoms with E-state index in [1.165, 1.54) is 6.92 Å². The third-order valence-corrected chi connectivity index (χ3v) is 5.10. The van der Waals surface area contributed by atoms with Crippen LogP contribution in [0.3, 0.4) is 0 Å². The molecule has 154 valence electrons. The zero-order valence-corrected chi connectivity index (χ0v) is 17.0. The number of hydrogen-bond donors (Lipinski definition) is 0. The van der Waals surface area contributed by atoms with Gasteiger partial charge in [-0.1, -0.05) is 36.4 Å². The number of carbonyl (C=O) groups is 2. The number of hydrogen-bond acceptors (Lipinski definition) is 5. The van der Waals surface area contributed by atoms with Gasteiger partial charge in [0.05, 0.1) is 0 Å². The summed E-state index contributed by atoms with van der Waals surface area (Å²) in [6, 6.07) is 19.6. The van der Waals surface area contributed by atoms with Crippen LogP contribution in [0.2, 0.25) is 0 Å². The maximum absolute atomic E-state index is 13.1. The van der Waals surface area contributed by atoms with E-state index in [1.54, 1.807) is 4.90 Å². The van der Waals surface area contributed by atoms with Gasteiger partial charge in [-0.15, -0.1) is 0 Å². The summed E-state index contributed by atoms with van der Waals surface area (Å²) in [7, 11) is 0. The van der Waals surface area contributed by atoms with Crippen LogP contribution in [0.25, 0.3) is 0 Å². The number of amides is 1. The Morgan fingerprint density at radius 2 is 1.31 bits per heavy atom. The van der Waals surface area contributed by atoms with E-state index in [1.807, 2.05) is 60.7 Å². The van der Waals surface area contributed by atoms with Crippen LogP contribution in [0.15, 0.2) is 60.7 Å². The Labute approximate surface area is 172 Å². The molecular weight excluding hydrogens is 366 g/mol. The molecule has 0 atom stereocenters. The lowest BCUT2D eigenvalue weighted by atomic mass is 10.2. The molecule has 1 amide bonds. The van der Waals surface area contributed by atoms with Gasteiger partial charge in [-0.05, 0) is 24.3 Å². The van der Waals surface area contributed by atoms with E-state index < -0.39 is 0 Å². The minimum atomic E-state index is -0.233. The Bertz CT molecular complexity index is 735. The standard InChI is InChI=1S/C23H29N3O3/c1-20(27)29-19-18-25-16-14-24(15-17-25)13-12-23(28)26(21-8-4-2-5-9-21)22-10-6-3-7-11-22/h2-11H,12-19H2,1H3. The fourth-order valence-electron chi connectivity index (χ4n) is 3.51. The van der Waals surface area contributed by atoms with E-state index in [2.05, 4.69) is 9.80 Å². The molecule has 2 aromatic rings. The van der Waals surface area contributed by atoms with Crippen LogP contribution in [0, 0.1) is 0 Å². The third-order valence-electron chi connectivity index (χ3n) is 5.10. The van der Waals surface area contributed by atoms with Crippen molar-refractivity contribution in [3.63, 3.8) is 0 Å². The molecule has 0 spiro atoms. The van der Waals surface area contributed by atoms with Gasteiger partial charge in [-0.2, -0.15) is 0 Å². The average molecular weight is 396 g/mol. The first-order chi connectivity index (χ1) is 14.1. The van der Waals surface area contributed by atoms with Crippen LogP contribution in [0.4, 0.5) is 11.4 Å². The van der Waals surface area contributed by atoms with Crippen molar-refractivity contribution in [1.29, 1.82) is 0 Å². The van der Waals surface area contributed by atoms with Crippen molar-refractivity contribution in [3.05, 3.63) is 60.7 Å². The topological polar surface area (TPSA) is 53.1 Å². The predicted molar refractivity (Wildman–Crippen MR) is 114 cm³/mol. The number of benzene rings is 2. The van der Waals surface area contributed by atoms with Crippen LogP contribution in [0.5, 0.6) is 0 Å². The molecule has 6 heteroatoms. The SMILES string of the molecule is CC(=O)OCCN1CCN(CCC(=O)N(c2ccccc2)c2ccccc2)CC1. The zero-order valence-electron chi connectivity index (χ0n) is 17.0. The van der Waals surface area contributed by atoms with E-state index in [9.17, 15) is 9.59 Å². The molecule has 2 aromatic carbocycles. The first kappa shape index (κ1) is 21.0. The fourth-order valence-corrected chi connectivity index (χ4v) is 3.51. The van der Waals surface area contributed by atoms with E-state index in [4.69, 9.17) is 4.74 Å². The van der Waals surface area contributed by atoms with Gasteiger partial charge < -0.3 is 9.64 Å². The molecule has 1 aliphatic heterocycles. The van der Waals surface area contributed by atoms with Crippen LogP contribution in [-0.4, -0.2) is 67.6 Å². The van der Waals surface area contributed by atoms with Crippen molar-refractivity contribution < 1.29 is 14.3 Å². The van der Waals surface area contributed by atoms with Gasteiger partial charge in [0, 0.05) is 64.0 Å². The predicted octanol–water partition coefficient (Wildman–Crippen LogP) is 2.92. The van der Waals surface area contributed by atoms with Gasteiger partial charge in [0.1, 0.15) is 6.61 Å². The summed E-state index contributed by atoms with van der Waals surface area (Å²) in [4.78, 5) is 30.4. The molecule has 0 saturated carbocycles. The summed E-state index contributed by atoms with van der Waals surface area (Å²) in [5, 5.41) is 0. The van der Waals surface area contributed by atoms with Crippen LogP contribution < -0.4 is 4.90 Å². The monoisotopic (exact) mass is 395 g/mol. The molecule has 0 aliphatic carbocycles. The highest BCUT2D eigenvalue weighted by Crippen LogP contribution is 2.25. The van der Waals surface area contributed by atoms with E-state index in [0.717, 1.165) is 50.6 Å².